The molecule has 7 fully saturated rings. The quantitative estimate of drug-likeness (QED) is 0.761. The standard InChI is InChI=1S/C19H28N2O4/c22-15(20-18-5-13(6-18)24-11-18)9-17(3-1-2-4-17)10-16(23)21-19-7-14(8-19)25-12-19/h13-14H,1-12H2,(H,20,22)(H,21,23). The van der Waals surface area contributed by atoms with E-state index in [0.717, 1.165) is 51.4 Å². The molecule has 0 aromatic heterocycles. The Morgan fingerprint density at radius 1 is 0.800 bits per heavy atom. The molecule has 7 aliphatic rings. The van der Waals surface area contributed by atoms with Crippen LogP contribution >= 0.6 is 0 Å². The summed E-state index contributed by atoms with van der Waals surface area (Å²) in [5, 5.41) is 6.44. The van der Waals surface area contributed by atoms with Crippen LogP contribution in [0.3, 0.4) is 0 Å². The second kappa shape index (κ2) is 5.43. The molecule has 3 saturated carbocycles. The van der Waals surface area contributed by atoms with Crippen LogP contribution in [0.4, 0.5) is 0 Å². The SMILES string of the molecule is O=C(CC1(CC(=O)NC23COC(C2)C3)CCCC1)NC12COC(C1)C2. The van der Waals surface area contributed by atoms with Crippen molar-refractivity contribution in [3.05, 3.63) is 0 Å². The Balaban J connectivity index is 1.19. The molecule has 0 atom stereocenters. The first-order chi connectivity index (χ1) is 12.0. The van der Waals surface area contributed by atoms with Gasteiger partial charge in [-0.1, -0.05) is 12.8 Å². The van der Waals surface area contributed by atoms with Crippen molar-refractivity contribution in [2.75, 3.05) is 13.2 Å². The van der Waals surface area contributed by atoms with E-state index in [9.17, 15) is 9.59 Å². The van der Waals surface area contributed by atoms with Gasteiger partial charge >= 0.3 is 0 Å². The van der Waals surface area contributed by atoms with E-state index in [1.54, 1.807) is 0 Å². The van der Waals surface area contributed by atoms with Gasteiger partial charge in [-0.2, -0.15) is 0 Å². The van der Waals surface area contributed by atoms with Crippen molar-refractivity contribution in [3.8, 4) is 0 Å². The summed E-state index contributed by atoms with van der Waals surface area (Å²) in [5.41, 5.74) is -0.373. The van der Waals surface area contributed by atoms with Gasteiger partial charge in [-0.3, -0.25) is 9.59 Å². The van der Waals surface area contributed by atoms with Crippen LogP contribution in [0, 0.1) is 5.41 Å². The van der Waals surface area contributed by atoms with Crippen molar-refractivity contribution in [3.63, 3.8) is 0 Å². The summed E-state index contributed by atoms with van der Waals surface area (Å²) >= 11 is 0. The van der Waals surface area contributed by atoms with Crippen LogP contribution in [0.2, 0.25) is 0 Å². The number of amides is 2. The highest BCUT2D eigenvalue weighted by Gasteiger charge is 2.54. The molecule has 4 saturated heterocycles. The first kappa shape index (κ1) is 16.1. The summed E-state index contributed by atoms with van der Waals surface area (Å²) in [5.74, 6) is 0.203. The van der Waals surface area contributed by atoms with Crippen molar-refractivity contribution >= 4 is 11.8 Å². The lowest BCUT2D eigenvalue weighted by molar-refractivity contribution is -0.129. The fourth-order valence-corrected chi connectivity index (χ4v) is 5.83. The summed E-state index contributed by atoms with van der Waals surface area (Å²) < 4.78 is 11.2. The number of fused-ring (bicyclic) bond motifs is 2. The maximum absolute atomic E-state index is 12.7. The number of rotatable bonds is 6. The van der Waals surface area contributed by atoms with Gasteiger partial charge in [0, 0.05) is 12.8 Å². The summed E-state index contributed by atoms with van der Waals surface area (Å²) in [7, 11) is 0. The lowest BCUT2D eigenvalue weighted by Gasteiger charge is -2.39. The van der Waals surface area contributed by atoms with Gasteiger partial charge in [0.15, 0.2) is 0 Å². The molecule has 7 rings (SSSR count). The fourth-order valence-electron chi connectivity index (χ4n) is 5.83. The van der Waals surface area contributed by atoms with Crippen molar-refractivity contribution < 1.29 is 19.1 Å². The van der Waals surface area contributed by atoms with Gasteiger partial charge in [0.2, 0.25) is 11.8 Å². The highest BCUT2D eigenvalue weighted by Crippen LogP contribution is 2.47. The molecule has 2 amide bonds. The third kappa shape index (κ3) is 2.78. The van der Waals surface area contributed by atoms with Gasteiger partial charge in [0.25, 0.3) is 0 Å². The monoisotopic (exact) mass is 348 g/mol. The Bertz CT molecular complexity index is 529. The molecule has 25 heavy (non-hydrogen) atoms. The second-order valence-electron chi connectivity index (χ2n) is 9.40. The third-order valence-electron chi connectivity index (χ3n) is 7.21. The fraction of sp³-hybridized carbons (Fsp3) is 0.895. The maximum Gasteiger partial charge on any atom is 0.221 e. The zero-order chi connectivity index (χ0) is 17.1. The highest BCUT2D eigenvalue weighted by molar-refractivity contribution is 5.81. The van der Waals surface area contributed by atoms with Gasteiger partial charge < -0.3 is 20.1 Å². The van der Waals surface area contributed by atoms with E-state index in [2.05, 4.69) is 10.6 Å². The Labute approximate surface area is 148 Å². The van der Waals surface area contributed by atoms with Gasteiger partial charge in [-0.05, 0) is 43.9 Å². The first-order valence-corrected chi connectivity index (χ1v) is 9.83. The summed E-state index contributed by atoms with van der Waals surface area (Å²) in [6, 6.07) is 0. The van der Waals surface area contributed by atoms with Crippen molar-refractivity contribution in [2.24, 2.45) is 5.41 Å². The van der Waals surface area contributed by atoms with Gasteiger partial charge in [-0.15, -0.1) is 0 Å². The Morgan fingerprint density at radius 3 is 1.60 bits per heavy atom. The molecule has 0 aromatic carbocycles. The van der Waals surface area contributed by atoms with E-state index >= 15 is 0 Å². The van der Waals surface area contributed by atoms with Crippen LogP contribution < -0.4 is 10.6 Å². The average Bonchev–Trinajstić information content (AvgIpc) is 3.22. The molecule has 4 heterocycles. The third-order valence-corrected chi connectivity index (χ3v) is 7.21. The van der Waals surface area contributed by atoms with E-state index in [4.69, 9.17) is 9.47 Å². The molecular weight excluding hydrogens is 320 g/mol. The van der Waals surface area contributed by atoms with Gasteiger partial charge in [0.1, 0.15) is 0 Å². The van der Waals surface area contributed by atoms with Crippen LogP contribution in [0.25, 0.3) is 0 Å². The number of nitrogens with one attached hydrogen (secondary N) is 2. The molecule has 0 aromatic rings. The van der Waals surface area contributed by atoms with Gasteiger partial charge in [-0.25, -0.2) is 0 Å². The zero-order valence-electron chi connectivity index (χ0n) is 14.8. The van der Waals surface area contributed by atoms with Gasteiger partial charge in [0.05, 0.1) is 36.5 Å². The predicted octanol–water partition coefficient (Wildman–Crippen LogP) is 1.42. The van der Waals surface area contributed by atoms with Crippen molar-refractivity contribution in [1.82, 2.24) is 10.6 Å². The van der Waals surface area contributed by atoms with E-state index in [0.29, 0.717) is 38.3 Å². The van der Waals surface area contributed by atoms with Crippen molar-refractivity contribution in [1.29, 1.82) is 0 Å². The molecule has 6 heteroatoms. The largest absolute Gasteiger partial charge is 0.376 e. The summed E-state index contributed by atoms with van der Waals surface area (Å²) in [6.07, 6.45) is 9.66. The average molecular weight is 348 g/mol. The number of carbonyl (C=O) groups is 2. The maximum atomic E-state index is 12.7. The molecule has 0 radical (unpaired) electrons. The topological polar surface area (TPSA) is 76.7 Å². The van der Waals surface area contributed by atoms with Crippen LogP contribution in [0.1, 0.15) is 64.2 Å². The molecule has 4 bridgehead atoms. The Kier molecular flexibility index (Phi) is 3.49. The van der Waals surface area contributed by atoms with E-state index in [-0.39, 0.29) is 28.3 Å². The number of ether oxygens (including phenoxy) is 2. The number of carbonyl (C=O) groups excluding carboxylic acids is 2. The highest BCUT2D eigenvalue weighted by atomic mass is 16.5. The van der Waals surface area contributed by atoms with E-state index < -0.39 is 0 Å². The summed E-state index contributed by atoms with van der Waals surface area (Å²) in [6.45, 7) is 1.31. The van der Waals surface area contributed by atoms with Crippen molar-refractivity contribution in [2.45, 2.75) is 87.5 Å². The van der Waals surface area contributed by atoms with Crippen LogP contribution in [-0.2, 0) is 19.1 Å². The minimum atomic E-state index is -0.160. The molecule has 0 spiro atoms. The number of hydrogen-bond donors (Lipinski definition) is 2. The molecular formula is C19H28N2O4. The molecule has 2 N–H and O–H groups in total. The lowest BCUT2D eigenvalue weighted by Crippen LogP contribution is -2.56. The lowest BCUT2D eigenvalue weighted by atomic mass is 9.75. The zero-order valence-corrected chi connectivity index (χ0v) is 14.8. The molecule has 4 aliphatic heterocycles. The van der Waals surface area contributed by atoms with Crippen LogP contribution in [0.5, 0.6) is 0 Å². The minimum Gasteiger partial charge on any atom is -0.376 e. The molecule has 6 nitrogen and oxygen atoms in total. The first-order valence-electron chi connectivity index (χ1n) is 9.83. The van der Waals surface area contributed by atoms with Crippen LogP contribution in [-0.4, -0.2) is 48.3 Å². The normalized spacial score (nSPS) is 42.6. The summed E-state index contributed by atoms with van der Waals surface area (Å²) in [4.78, 5) is 25.3. The second-order valence-corrected chi connectivity index (χ2v) is 9.40. The Morgan fingerprint density at radius 2 is 1.24 bits per heavy atom. The molecule has 0 unspecified atom stereocenters. The molecule has 3 aliphatic carbocycles. The van der Waals surface area contributed by atoms with Crippen LogP contribution in [0.15, 0.2) is 0 Å². The number of hydrogen-bond acceptors (Lipinski definition) is 4. The smallest absolute Gasteiger partial charge is 0.221 e. The minimum absolute atomic E-state index is 0.102. The predicted molar refractivity (Wildman–Crippen MR) is 89.8 cm³/mol. The molecule has 138 valence electrons. The Hall–Kier alpha value is -1.14. The van der Waals surface area contributed by atoms with E-state index in [1.165, 1.54) is 0 Å². The van der Waals surface area contributed by atoms with E-state index in [1.807, 2.05) is 0 Å².